The molecule has 1 fully saturated rings. The van der Waals surface area contributed by atoms with Crippen LogP contribution in [0.5, 0.6) is 5.75 Å². The monoisotopic (exact) mass is 467 g/mol. The Bertz CT molecular complexity index is 1210. The van der Waals surface area contributed by atoms with Crippen LogP contribution >= 0.6 is 0 Å². The molecule has 5 rings (SSSR count). The number of nitrogens with zero attached hydrogens (tertiary/aromatic N) is 1. The molecule has 35 heavy (non-hydrogen) atoms. The van der Waals surface area contributed by atoms with E-state index in [1.165, 1.54) is 18.4 Å². The fourth-order valence-electron chi connectivity index (χ4n) is 5.12. The lowest BCUT2D eigenvalue weighted by molar-refractivity contribution is -0.139. The number of aliphatic carboxylic acids is 1. The second-order valence-corrected chi connectivity index (χ2v) is 9.13. The van der Waals surface area contributed by atoms with E-state index in [2.05, 4.69) is 30.3 Å². The zero-order valence-electron chi connectivity index (χ0n) is 19.6. The summed E-state index contributed by atoms with van der Waals surface area (Å²) in [5.74, 6) is 1.94. The molecule has 2 atom stereocenters. The molecule has 0 saturated heterocycles. The second-order valence-electron chi connectivity index (χ2n) is 9.13. The van der Waals surface area contributed by atoms with Gasteiger partial charge in [0.1, 0.15) is 11.4 Å². The van der Waals surface area contributed by atoms with Gasteiger partial charge in [-0.25, -0.2) is 9.78 Å². The molecule has 0 radical (unpaired) electrons. The second kappa shape index (κ2) is 10.6. The highest BCUT2D eigenvalue weighted by Crippen LogP contribution is 2.41. The van der Waals surface area contributed by atoms with E-state index in [1.54, 1.807) is 0 Å². The summed E-state index contributed by atoms with van der Waals surface area (Å²) < 4.78 is 11.9. The lowest BCUT2D eigenvalue weighted by Gasteiger charge is -2.31. The fourth-order valence-corrected chi connectivity index (χ4v) is 5.12. The summed E-state index contributed by atoms with van der Waals surface area (Å²) in [6.45, 7) is -0.335. The van der Waals surface area contributed by atoms with Crippen LogP contribution in [0.4, 0.5) is 0 Å². The quantitative estimate of drug-likeness (QED) is 0.302. The summed E-state index contributed by atoms with van der Waals surface area (Å²) in [5.41, 5.74) is 4.14. The molecule has 1 saturated carbocycles. The summed E-state index contributed by atoms with van der Waals surface area (Å²) in [4.78, 5) is 15.9. The summed E-state index contributed by atoms with van der Waals surface area (Å²) in [7, 11) is 0. The normalized spacial score (nSPS) is 17.7. The Morgan fingerprint density at radius 1 is 0.914 bits per heavy atom. The molecule has 1 N–H and O–H groups in total. The van der Waals surface area contributed by atoms with Gasteiger partial charge in [0, 0.05) is 17.5 Å². The molecule has 1 aromatic heterocycles. The maximum atomic E-state index is 10.9. The summed E-state index contributed by atoms with van der Waals surface area (Å²) in [6, 6.07) is 28.2. The van der Waals surface area contributed by atoms with Gasteiger partial charge in [0.15, 0.2) is 18.3 Å². The zero-order chi connectivity index (χ0) is 24.0. The van der Waals surface area contributed by atoms with Crippen LogP contribution in [0.2, 0.25) is 0 Å². The first kappa shape index (κ1) is 22.9. The van der Waals surface area contributed by atoms with E-state index >= 15 is 0 Å². The van der Waals surface area contributed by atoms with Crippen LogP contribution in [0.15, 0.2) is 89.3 Å². The Labute approximate surface area is 205 Å². The van der Waals surface area contributed by atoms with E-state index in [0.29, 0.717) is 17.6 Å². The lowest BCUT2D eigenvalue weighted by atomic mass is 9.74. The third kappa shape index (κ3) is 5.46. The number of hydrogen-bond donors (Lipinski definition) is 1. The molecular weight excluding hydrogens is 438 g/mol. The number of rotatable bonds is 8. The minimum atomic E-state index is -0.974. The van der Waals surface area contributed by atoms with E-state index in [9.17, 15) is 4.79 Å². The summed E-state index contributed by atoms with van der Waals surface area (Å²) in [5, 5.41) is 8.95. The van der Waals surface area contributed by atoms with Gasteiger partial charge in [-0.1, -0.05) is 85.6 Å². The maximum Gasteiger partial charge on any atom is 0.341 e. The number of carboxylic acids is 1. The minimum Gasteiger partial charge on any atom is -0.482 e. The Balaban J connectivity index is 1.43. The first-order chi connectivity index (χ1) is 17.2. The van der Waals surface area contributed by atoms with E-state index in [-0.39, 0.29) is 6.61 Å². The smallest absolute Gasteiger partial charge is 0.341 e. The number of carboxylic acid groups (broad SMARTS) is 1. The van der Waals surface area contributed by atoms with Crippen LogP contribution in [-0.4, -0.2) is 22.7 Å². The molecule has 2 unspecified atom stereocenters. The Hall–Kier alpha value is -3.86. The van der Waals surface area contributed by atoms with Crippen molar-refractivity contribution < 1.29 is 19.1 Å². The van der Waals surface area contributed by atoms with Crippen molar-refractivity contribution in [1.82, 2.24) is 4.98 Å². The highest BCUT2D eigenvalue weighted by molar-refractivity contribution is 5.76. The van der Waals surface area contributed by atoms with Crippen molar-refractivity contribution >= 4 is 5.97 Å². The first-order valence-electron chi connectivity index (χ1n) is 12.2. The van der Waals surface area contributed by atoms with Crippen molar-refractivity contribution in [3.8, 4) is 28.3 Å². The van der Waals surface area contributed by atoms with Gasteiger partial charge in [-0.3, -0.25) is 0 Å². The predicted molar refractivity (Wildman–Crippen MR) is 135 cm³/mol. The van der Waals surface area contributed by atoms with Crippen molar-refractivity contribution in [2.24, 2.45) is 5.92 Å². The van der Waals surface area contributed by atoms with Gasteiger partial charge in [-0.2, -0.15) is 0 Å². The van der Waals surface area contributed by atoms with Crippen molar-refractivity contribution in [3.63, 3.8) is 0 Å². The van der Waals surface area contributed by atoms with E-state index in [0.717, 1.165) is 47.7 Å². The van der Waals surface area contributed by atoms with Crippen LogP contribution in [0, 0.1) is 5.92 Å². The van der Waals surface area contributed by atoms with Crippen LogP contribution in [0.25, 0.3) is 22.6 Å². The molecule has 0 spiro atoms. The summed E-state index contributed by atoms with van der Waals surface area (Å²) in [6.07, 6.45) is 5.32. The van der Waals surface area contributed by atoms with Crippen LogP contribution in [0.3, 0.4) is 0 Å². The summed E-state index contributed by atoms with van der Waals surface area (Å²) >= 11 is 0. The van der Waals surface area contributed by atoms with Gasteiger partial charge in [0.05, 0.1) is 0 Å². The van der Waals surface area contributed by atoms with E-state index in [4.69, 9.17) is 19.2 Å². The number of benzene rings is 3. The number of oxazole rings is 1. The van der Waals surface area contributed by atoms with Gasteiger partial charge < -0.3 is 14.3 Å². The fraction of sp³-hybridized carbons (Fsp3) is 0.267. The van der Waals surface area contributed by atoms with Crippen LogP contribution in [-0.2, 0) is 11.2 Å². The highest BCUT2D eigenvalue weighted by atomic mass is 16.5. The highest BCUT2D eigenvalue weighted by Gasteiger charge is 2.29. The van der Waals surface area contributed by atoms with Crippen LogP contribution in [0.1, 0.15) is 43.1 Å². The number of aromatic nitrogens is 1. The minimum absolute atomic E-state index is 0.335. The van der Waals surface area contributed by atoms with Gasteiger partial charge >= 0.3 is 5.97 Å². The molecule has 1 aliphatic carbocycles. The van der Waals surface area contributed by atoms with Gasteiger partial charge in [-0.15, -0.1) is 0 Å². The van der Waals surface area contributed by atoms with Crippen LogP contribution < -0.4 is 4.74 Å². The molecule has 1 aliphatic rings. The standard InChI is InChI=1S/C30H29NO4/c32-28(33)20-34-25-16-9-15-23(18-25)26-17-8-7-14-24(26)19-27-31-29(21-10-3-1-4-11-21)30(35-27)22-12-5-2-6-13-22/h1-6,9-13,15-16,18,24,26H,7-8,14,17,19-20H2,(H,32,33). The molecule has 0 aliphatic heterocycles. The van der Waals surface area contributed by atoms with Crippen molar-refractivity contribution in [1.29, 1.82) is 0 Å². The molecular formula is C30H29NO4. The first-order valence-corrected chi connectivity index (χ1v) is 12.2. The maximum absolute atomic E-state index is 10.9. The molecule has 5 heteroatoms. The topological polar surface area (TPSA) is 72.6 Å². The predicted octanol–water partition coefficient (Wildman–Crippen LogP) is 6.99. The molecule has 4 aromatic rings. The number of hydrogen-bond acceptors (Lipinski definition) is 4. The molecule has 3 aromatic carbocycles. The zero-order valence-corrected chi connectivity index (χ0v) is 19.6. The van der Waals surface area contributed by atoms with Gasteiger partial charge in [-0.05, 0) is 42.4 Å². The average Bonchev–Trinajstić information content (AvgIpc) is 3.33. The third-order valence-electron chi connectivity index (χ3n) is 6.75. The van der Waals surface area contributed by atoms with E-state index < -0.39 is 5.97 Å². The molecule has 178 valence electrons. The molecule has 0 bridgehead atoms. The number of ether oxygens (including phenoxy) is 1. The van der Waals surface area contributed by atoms with Gasteiger partial charge in [0.2, 0.25) is 0 Å². The molecule has 1 heterocycles. The van der Waals surface area contributed by atoms with Crippen molar-refractivity contribution in [2.75, 3.05) is 6.61 Å². The molecule has 0 amide bonds. The Kier molecular flexibility index (Phi) is 6.94. The lowest BCUT2D eigenvalue weighted by Crippen LogP contribution is -2.20. The van der Waals surface area contributed by atoms with Gasteiger partial charge in [0.25, 0.3) is 0 Å². The largest absolute Gasteiger partial charge is 0.482 e. The average molecular weight is 468 g/mol. The Morgan fingerprint density at radius 3 is 2.37 bits per heavy atom. The molecule has 5 nitrogen and oxygen atoms in total. The third-order valence-corrected chi connectivity index (χ3v) is 6.75. The number of carbonyl (C=O) groups is 1. The SMILES string of the molecule is O=C(O)COc1cccc(C2CCCCC2Cc2nc(-c3ccccc3)c(-c3ccccc3)o2)c1. The Morgan fingerprint density at radius 2 is 1.63 bits per heavy atom. The van der Waals surface area contributed by atoms with Crippen molar-refractivity contribution in [2.45, 2.75) is 38.0 Å². The van der Waals surface area contributed by atoms with E-state index in [1.807, 2.05) is 54.6 Å². The van der Waals surface area contributed by atoms with Crippen molar-refractivity contribution in [3.05, 3.63) is 96.4 Å².